The van der Waals surface area contributed by atoms with Crippen molar-refractivity contribution in [3.8, 4) is 0 Å². The van der Waals surface area contributed by atoms with Crippen molar-refractivity contribution in [3.05, 3.63) is 59.2 Å². The molecule has 1 aromatic carbocycles. The van der Waals surface area contributed by atoms with E-state index < -0.39 is 0 Å². The van der Waals surface area contributed by atoms with Crippen molar-refractivity contribution in [2.45, 2.75) is 27.3 Å². The van der Waals surface area contributed by atoms with E-state index in [1.165, 1.54) is 12.1 Å². The van der Waals surface area contributed by atoms with Gasteiger partial charge < -0.3 is 4.90 Å². The molecule has 0 saturated heterocycles. The van der Waals surface area contributed by atoms with E-state index >= 15 is 0 Å². The summed E-state index contributed by atoms with van der Waals surface area (Å²) >= 11 is 0. The van der Waals surface area contributed by atoms with Crippen molar-refractivity contribution in [1.82, 2.24) is 9.78 Å². The molecule has 22 heavy (non-hydrogen) atoms. The minimum Gasteiger partial charge on any atom is -0.304 e. The molecule has 2 rings (SSSR count). The zero-order chi connectivity index (χ0) is 16.4. The van der Waals surface area contributed by atoms with Gasteiger partial charge in [-0.25, -0.2) is 4.39 Å². The maximum Gasteiger partial charge on any atom is 0.250 e. The number of amides is 1. The average molecular weight is 301 g/mol. The predicted octanol–water partition coefficient (Wildman–Crippen LogP) is 3.20. The largest absolute Gasteiger partial charge is 0.304 e. The highest BCUT2D eigenvalue weighted by atomic mass is 19.1. The smallest absolute Gasteiger partial charge is 0.250 e. The molecule has 116 valence electrons. The van der Waals surface area contributed by atoms with Crippen molar-refractivity contribution >= 4 is 11.6 Å². The lowest BCUT2D eigenvalue weighted by atomic mass is 10.1. The molecule has 5 heteroatoms. The van der Waals surface area contributed by atoms with Gasteiger partial charge in [0, 0.05) is 24.0 Å². The summed E-state index contributed by atoms with van der Waals surface area (Å²) in [5.41, 5.74) is 4.00. The summed E-state index contributed by atoms with van der Waals surface area (Å²) in [4.78, 5) is 13.8. The van der Waals surface area contributed by atoms with Gasteiger partial charge in [0.15, 0.2) is 0 Å². The summed E-state index contributed by atoms with van der Waals surface area (Å²) in [5, 5.41) is 4.37. The Morgan fingerprint density at radius 2 is 2.09 bits per heavy atom. The summed E-state index contributed by atoms with van der Waals surface area (Å²) in [7, 11) is 1.87. The van der Waals surface area contributed by atoms with Crippen molar-refractivity contribution in [1.29, 1.82) is 0 Å². The van der Waals surface area contributed by atoms with Crippen LogP contribution >= 0.6 is 0 Å². The zero-order valence-corrected chi connectivity index (χ0v) is 13.4. The molecular formula is C17H20FN3O. The first kappa shape index (κ1) is 15.9. The van der Waals surface area contributed by atoms with Crippen LogP contribution in [0.5, 0.6) is 0 Å². The second-order valence-electron chi connectivity index (χ2n) is 5.33. The van der Waals surface area contributed by atoms with Crippen LogP contribution in [0, 0.1) is 26.6 Å². The molecule has 2 aromatic rings. The highest BCUT2D eigenvalue weighted by Gasteiger charge is 2.19. The number of carbonyl (C=O) groups is 1. The quantitative estimate of drug-likeness (QED) is 0.813. The molecule has 1 amide bonds. The summed E-state index contributed by atoms with van der Waals surface area (Å²) in [5.74, 6) is -0.517. The van der Waals surface area contributed by atoms with E-state index in [4.69, 9.17) is 0 Å². The van der Waals surface area contributed by atoms with E-state index in [-0.39, 0.29) is 11.7 Å². The number of anilines is 1. The Hall–Kier alpha value is -2.43. The van der Waals surface area contributed by atoms with Crippen LogP contribution in [0.15, 0.2) is 30.9 Å². The standard InChI is InChI=1S/C17H20FN3O/c1-6-17(22)21(14-7-8-16(18)11(2)9-14)10-15-12(3)19-20(5)13(15)4/h6-9H,1,10H2,2-5H3. The molecule has 0 bridgehead atoms. The number of rotatable bonds is 4. The minimum absolute atomic E-state index is 0.228. The van der Waals surface area contributed by atoms with Crippen LogP contribution in [0.3, 0.4) is 0 Å². The lowest BCUT2D eigenvalue weighted by Gasteiger charge is -2.22. The third-order valence-electron chi connectivity index (χ3n) is 3.87. The van der Waals surface area contributed by atoms with E-state index in [0.29, 0.717) is 17.8 Å². The van der Waals surface area contributed by atoms with Gasteiger partial charge in [-0.3, -0.25) is 9.48 Å². The molecule has 0 radical (unpaired) electrons. The molecule has 0 N–H and O–H groups in total. The monoisotopic (exact) mass is 301 g/mol. The predicted molar refractivity (Wildman–Crippen MR) is 85.2 cm³/mol. The maximum atomic E-state index is 13.5. The van der Waals surface area contributed by atoms with Crippen molar-refractivity contribution in [2.75, 3.05) is 4.90 Å². The molecule has 4 nitrogen and oxygen atoms in total. The minimum atomic E-state index is -0.288. The SMILES string of the molecule is C=CC(=O)N(Cc1c(C)nn(C)c1C)c1ccc(F)c(C)c1. The number of nitrogens with zero attached hydrogens (tertiary/aromatic N) is 3. The number of aromatic nitrogens is 2. The van der Waals surface area contributed by atoms with Crippen molar-refractivity contribution in [2.24, 2.45) is 7.05 Å². The molecule has 0 saturated carbocycles. The number of hydrogen-bond donors (Lipinski definition) is 0. The first-order valence-electron chi connectivity index (χ1n) is 7.04. The molecule has 0 aliphatic rings. The Labute approximate surface area is 129 Å². The molecule has 1 aromatic heterocycles. The summed E-state index contributed by atoms with van der Waals surface area (Å²) in [6.07, 6.45) is 1.26. The molecule has 0 aliphatic carbocycles. The van der Waals surface area contributed by atoms with Crippen LogP contribution in [-0.2, 0) is 18.4 Å². The Bertz CT molecular complexity index is 734. The topological polar surface area (TPSA) is 38.1 Å². The normalized spacial score (nSPS) is 10.6. The lowest BCUT2D eigenvalue weighted by molar-refractivity contribution is -0.114. The Morgan fingerprint density at radius 1 is 1.41 bits per heavy atom. The Balaban J connectivity index is 2.44. The van der Waals surface area contributed by atoms with Gasteiger partial charge in [-0.1, -0.05) is 6.58 Å². The summed E-state index contributed by atoms with van der Waals surface area (Å²) < 4.78 is 15.3. The second-order valence-corrected chi connectivity index (χ2v) is 5.33. The number of halogens is 1. The third kappa shape index (κ3) is 2.93. The van der Waals surface area contributed by atoms with Crippen LogP contribution < -0.4 is 4.90 Å². The number of carbonyl (C=O) groups excluding carboxylic acids is 1. The van der Waals surface area contributed by atoms with Gasteiger partial charge in [0.2, 0.25) is 0 Å². The van der Waals surface area contributed by atoms with Gasteiger partial charge in [-0.05, 0) is 50.6 Å². The van der Waals surface area contributed by atoms with E-state index in [9.17, 15) is 9.18 Å². The third-order valence-corrected chi connectivity index (χ3v) is 3.87. The van der Waals surface area contributed by atoms with Gasteiger partial charge in [0.05, 0.1) is 12.2 Å². The molecule has 0 atom stereocenters. The van der Waals surface area contributed by atoms with Crippen LogP contribution in [0.25, 0.3) is 0 Å². The van der Waals surface area contributed by atoms with Crippen molar-refractivity contribution in [3.63, 3.8) is 0 Å². The van der Waals surface area contributed by atoms with Crippen molar-refractivity contribution < 1.29 is 9.18 Å². The molecule has 0 aliphatic heterocycles. The lowest BCUT2D eigenvalue weighted by Crippen LogP contribution is -2.29. The number of benzene rings is 1. The number of hydrogen-bond acceptors (Lipinski definition) is 2. The molecule has 0 fully saturated rings. The molecule has 0 unspecified atom stereocenters. The molecule has 0 spiro atoms. The summed E-state index contributed by atoms with van der Waals surface area (Å²) in [6.45, 7) is 9.48. The maximum absolute atomic E-state index is 13.5. The van der Waals surface area contributed by atoms with Gasteiger partial charge in [0.25, 0.3) is 5.91 Å². The number of aryl methyl sites for hydroxylation is 3. The highest BCUT2D eigenvalue weighted by Crippen LogP contribution is 2.23. The highest BCUT2D eigenvalue weighted by molar-refractivity contribution is 6.01. The van der Waals surface area contributed by atoms with Crippen LogP contribution in [0.4, 0.5) is 10.1 Å². The average Bonchev–Trinajstić information content (AvgIpc) is 2.72. The van der Waals surface area contributed by atoms with Gasteiger partial charge in [0.1, 0.15) is 5.82 Å². The van der Waals surface area contributed by atoms with Crippen LogP contribution in [0.2, 0.25) is 0 Å². The Morgan fingerprint density at radius 3 is 2.59 bits per heavy atom. The van der Waals surface area contributed by atoms with Crippen LogP contribution in [-0.4, -0.2) is 15.7 Å². The Kier molecular flexibility index (Phi) is 4.45. The second kappa shape index (κ2) is 6.13. The van der Waals surface area contributed by atoms with E-state index in [2.05, 4.69) is 11.7 Å². The fourth-order valence-electron chi connectivity index (χ4n) is 2.41. The van der Waals surface area contributed by atoms with Crippen LogP contribution in [0.1, 0.15) is 22.5 Å². The first-order valence-corrected chi connectivity index (χ1v) is 7.04. The fraction of sp³-hybridized carbons (Fsp3) is 0.294. The molecular weight excluding hydrogens is 281 g/mol. The summed E-state index contributed by atoms with van der Waals surface area (Å²) in [6, 6.07) is 4.64. The molecule has 1 heterocycles. The van der Waals surface area contributed by atoms with E-state index in [1.54, 1.807) is 28.6 Å². The fourth-order valence-corrected chi connectivity index (χ4v) is 2.41. The van der Waals surface area contributed by atoms with E-state index in [0.717, 1.165) is 17.0 Å². The van der Waals surface area contributed by atoms with Gasteiger partial charge in [-0.15, -0.1) is 0 Å². The first-order chi connectivity index (χ1) is 10.3. The van der Waals surface area contributed by atoms with Gasteiger partial charge in [-0.2, -0.15) is 5.10 Å². The zero-order valence-electron chi connectivity index (χ0n) is 13.4. The van der Waals surface area contributed by atoms with E-state index in [1.807, 2.05) is 20.9 Å². The van der Waals surface area contributed by atoms with Gasteiger partial charge >= 0.3 is 0 Å².